The summed E-state index contributed by atoms with van der Waals surface area (Å²) in [5, 5.41) is 8.72. The SMILES string of the molecule is CCC(N)c1cc(C#N)ccc1C. The van der Waals surface area contributed by atoms with E-state index in [9.17, 15) is 0 Å². The van der Waals surface area contributed by atoms with Gasteiger partial charge < -0.3 is 5.73 Å². The monoisotopic (exact) mass is 174 g/mol. The van der Waals surface area contributed by atoms with Gasteiger partial charge in [0.05, 0.1) is 11.6 Å². The van der Waals surface area contributed by atoms with Crippen LogP contribution < -0.4 is 5.73 Å². The zero-order valence-corrected chi connectivity index (χ0v) is 8.04. The number of hydrogen-bond acceptors (Lipinski definition) is 2. The fourth-order valence-electron chi connectivity index (χ4n) is 1.33. The molecule has 13 heavy (non-hydrogen) atoms. The molecule has 0 heterocycles. The number of nitrogens with two attached hydrogens (primary N) is 1. The van der Waals surface area contributed by atoms with Crippen molar-refractivity contribution < 1.29 is 0 Å². The Bertz CT molecular complexity index is 336. The van der Waals surface area contributed by atoms with E-state index in [1.807, 2.05) is 32.0 Å². The first-order valence-corrected chi connectivity index (χ1v) is 4.45. The maximum absolute atomic E-state index is 8.72. The fourth-order valence-corrected chi connectivity index (χ4v) is 1.33. The van der Waals surface area contributed by atoms with Crippen LogP contribution in [0.4, 0.5) is 0 Å². The van der Waals surface area contributed by atoms with Gasteiger partial charge in [-0.05, 0) is 36.6 Å². The molecule has 0 spiro atoms. The zero-order valence-electron chi connectivity index (χ0n) is 8.04. The Balaban J connectivity index is 3.12. The van der Waals surface area contributed by atoms with Gasteiger partial charge in [-0.25, -0.2) is 0 Å². The molecule has 0 saturated heterocycles. The second-order valence-corrected chi connectivity index (χ2v) is 3.20. The summed E-state index contributed by atoms with van der Waals surface area (Å²) in [5.41, 5.74) is 8.84. The van der Waals surface area contributed by atoms with Crippen LogP contribution in [0.5, 0.6) is 0 Å². The van der Waals surface area contributed by atoms with E-state index in [0.717, 1.165) is 17.5 Å². The summed E-state index contributed by atoms with van der Waals surface area (Å²) < 4.78 is 0. The highest BCUT2D eigenvalue weighted by molar-refractivity contribution is 5.39. The third-order valence-electron chi connectivity index (χ3n) is 2.25. The number of hydrogen-bond donors (Lipinski definition) is 1. The smallest absolute Gasteiger partial charge is 0.0991 e. The number of benzene rings is 1. The first kappa shape index (κ1) is 9.76. The van der Waals surface area contributed by atoms with Crippen molar-refractivity contribution in [2.24, 2.45) is 5.73 Å². The molecule has 2 nitrogen and oxygen atoms in total. The summed E-state index contributed by atoms with van der Waals surface area (Å²) in [5.74, 6) is 0. The van der Waals surface area contributed by atoms with Gasteiger partial charge in [-0.2, -0.15) is 5.26 Å². The summed E-state index contributed by atoms with van der Waals surface area (Å²) in [6.07, 6.45) is 0.899. The van der Waals surface area contributed by atoms with E-state index in [1.165, 1.54) is 0 Å². The third kappa shape index (κ3) is 2.07. The van der Waals surface area contributed by atoms with Gasteiger partial charge in [0.25, 0.3) is 0 Å². The van der Waals surface area contributed by atoms with Crippen LogP contribution in [0.1, 0.15) is 36.1 Å². The average molecular weight is 174 g/mol. The molecule has 0 amide bonds. The maximum Gasteiger partial charge on any atom is 0.0991 e. The van der Waals surface area contributed by atoms with Gasteiger partial charge in [-0.3, -0.25) is 0 Å². The standard InChI is InChI=1S/C11H14N2/c1-3-11(13)10-6-9(7-12)5-4-8(10)2/h4-6,11H,3,13H2,1-2H3. The number of rotatable bonds is 2. The van der Waals surface area contributed by atoms with E-state index in [2.05, 4.69) is 6.07 Å². The first-order valence-electron chi connectivity index (χ1n) is 4.45. The summed E-state index contributed by atoms with van der Waals surface area (Å²) in [4.78, 5) is 0. The molecule has 1 atom stereocenters. The molecule has 0 aliphatic rings. The maximum atomic E-state index is 8.72. The molecule has 2 heteroatoms. The van der Waals surface area contributed by atoms with Crippen LogP contribution in [0.15, 0.2) is 18.2 Å². The minimum absolute atomic E-state index is 0.0494. The molecule has 0 aliphatic heterocycles. The summed E-state index contributed by atoms with van der Waals surface area (Å²) in [7, 11) is 0. The van der Waals surface area contributed by atoms with Crippen molar-refractivity contribution in [3.8, 4) is 6.07 Å². The Labute approximate surface area is 79.0 Å². The van der Waals surface area contributed by atoms with Crippen molar-refractivity contribution in [1.82, 2.24) is 0 Å². The minimum Gasteiger partial charge on any atom is -0.324 e. The molecule has 0 aromatic heterocycles. The van der Waals surface area contributed by atoms with Crippen LogP contribution in [-0.2, 0) is 0 Å². The third-order valence-corrected chi connectivity index (χ3v) is 2.25. The van der Waals surface area contributed by atoms with Gasteiger partial charge in [0.15, 0.2) is 0 Å². The van der Waals surface area contributed by atoms with Crippen LogP contribution in [0.2, 0.25) is 0 Å². The topological polar surface area (TPSA) is 49.8 Å². The molecule has 1 rings (SSSR count). The summed E-state index contributed by atoms with van der Waals surface area (Å²) in [6.45, 7) is 4.06. The second kappa shape index (κ2) is 4.06. The summed E-state index contributed by atoms with van der Waals surface area (Å²) >= 11 is 0. The molecule has 0 aliphatic carbocycles. The lowest BCUT2D eigenvalue weighted by Crippen LogP contribution is -2.10. The molecule has 0 saturated carbocycles. The molecule has 1 aromatic carbocycles. The molecular weight excluding hydrogens is 160 g/mol. The van der Waals surface area contributed by atoms with E-state index in [4.69, 9.17) is 11.0 Å². The van der Waals surface area contributed by atoms with Crippen LogP contribution in [-0.4, -0.2) is 0 Å². The Kier molecular flexibility index (Phi) is 3.05. The van der Waals surface area contributed by atoms with Crippen LogP contribution >= 0.6 is 0 Å². The van der Waals surface area contributed by atoms with E-state index in [0.29, 0.717) is 5.56 Å². The van der Waals surface area contributed by atoms with Crippen LogP contribution in [0.25, 0.3) is 0 Å². The number of nitrogens with zero attached hydrogens (tertiary/aromatic N) is 1. The van der Waals surface area contributed by atoms with E-state index < -0.39 is 0 Å². The zero-order chi connectivity index (χ0) is 9.84. The Morgan fingerprint density at radius 3 is 2.77 bits per heavy atom. The number of nitriles is 1. The van der Waals surface area contributed by atoms with Gasteiger partial charge in [-0.1, -0.05) is 13.0 Å². The molecule has 2 N–H and O–H groups in total. The molecule has 68 valence electrons. The van der Waals surface area contributed by atoms with Crippen molar-refractivity contribution in [2.45, 2.75) is 26.3 Å². The lowest BCUT2D eigenvalue weighted by atomic mass is 9.98. The van der Waals surface area contributed by atoms with Gasteiger partial charge in [0, 0.05) is 6.04 Å². The predicted molar refractivity (Wildman–Crippen MR) is 53.1 cm³/mol. The average Bonchev–Trinajstić information content (AvgIpc) is 2.17. The second-order valence-electron chi connectivity index (χ2n) is 3.20. The van der Waals surface area contributed by atoms with Crippen molar-refractivity contribution in [3.63, 3.8) is 0 Å². The fraction of sp³-hybridized carbons (Fsp3) is 0.364. The molecule has 1 unspecified atom stereocenters. The Hall–Kier alpha value is -1.33. The van der Waals surface area contributed by atoms with Crippen molar-refractivity contribution in [3.05, 3.63) is 34.9 Å². The largest absolute Gasteiger partial charge is 0.324 e. The van der Waals surface area contributed by atoms with Gasteiger partial charge in [0.1, 0.15) is 0 Å². The van der Waals surface area contributed by atoms with E-state index in [-0.39, 0.29) is 6.04 Å². The molecular formula is C11H14N2. The van der Waals surface area contributed by atoms with Gasteiger partial charge in [-0.15, -0.1) is 0 Å². The van der Waals surface area contributed by atoms with Crippen molar-refractivity contribution >= 4 is 0 Å². The molecule has 0 fully saturated rings. The number of aryl methyl sites for hydroxylation is 1. The lowest BCUT2D eigenvalue weighted by Gasteiger charge is -2.12. The molecule has 0 radical (unpaired) electrons. The minimum atomic E-state index is 0.0494. The van der Waals surface area contributed by atoms with Crippen LogP contribution in [0.3, 0.4) is 0 Å². The normalized spacial score (nSPS) is 12.2. The van der Waals surface area contributed by atoms with Gasteiger partial charge >= 0.3 is 0 Å². The van der Waals surface area contributed by atoms with Crippen LogP contribution in [0, 0.1) is 18.3 Å². The predicted octanol–water partition coefficient (Wildman–Crippen LogP) is 2.28. The van der Waals surface area contributed by atoms with Crippen molar-refractivity contribution in [1.29, 1.82) is 5.26 Å². The first-order chi connectivity index (χ1) is 6.19. The molecule has 1 aromatic rings. The lowest BCUT2D eigenvalue weighted by molar-refractivity contribution is 0.693. The quantitative estimate of drug-likeness (QED) is 0.747. The van der Waals surface area contributed by atoms with Gasteiger partial charge in [0.2, 0.25) is 0 Å². The Morgan fingerprint density at radius 1 is 1.54 bits per heavy atom. The summed E-state index contributed by atoms with van der Waals surface area (Å²) in [6, 6.07) is 7.81. The highest BCUT2D eigenvalue weighted by Crippen LogP contribution is 2.19. The van der Waals surface area contributed by atoms with E-state index >= 15 is 0 Å². The Morgan fingerprint density at radius 2 is 2.23 bits per heavy atom. The highest BCUT2D eigenvalue weighted by atomic mass is 14.6. The van der Waals surface area contributed by atoms with Crippen molar-refractivity contribution in [2.75, 3.05) is 0 Å². The van der Waals surface area contributed by atoms with E-state index in [1.54, 1.807) is 0 Å². The molecule has 0 bridgehead atoms. The highest BCUT2D eigenvalue weighted by Gasteiger charge is 2.06.